The van der Waals surface area contributed by atoms with E-state index in [0.717, 1.165) is 54.9 Å². The van der Waals surface area contributed by atoms with Crippen molar-refractivity contribution in [3.05, 3.63) is 95.1 Å². The number of anilines is 1. The maximum Gasteiger partial charge on any atom is 0.316 e. The lowest BCUT2D eigenvalue weighted by atomic mass is 9.85. The normalized spacial score (nSPS) is 14.9. The summed E-state index contributed by atoms with van der Waals surface area (Å²) >= 11 is 0. The van der Waals surface area contributed by atoms with Gasteiger partial charge < -0.3 is 19.3 Å². The Morgan fingerprint density at radius 3 is 2.04 bits per heavy atom. The van der Waals surface area contributed by atoms with Crippen molar-refractivity contribution in [1.29, 1.82) is 0 Å². The zero-order valence-corrected chi connectivity index (χ0v) is 29.1. The van der Waals surface area contributed by atoms with Gasteiger partial charge in [0, 0.05) is 31.9 Å². The highest BCUT2D eigenvalue weighted by Crippen LogP contribution is 2.38. The number of carbonyl (C=O) groups excluding carboxylic acids is 2. The smallest absolute Gasteiger partial charge is 0.316 e. The number of aryl methyl sites for hydroxylation is 1. The number of hydrogen-bond acceptors (Lipinski definition) is 6. The topological polar surface area (TPSA) is 59.1 Å². The van der Waals surface area contributed by atoms with Crippen LogP contribution in [0.5, 0.6) is 5.75 Å². The Labute approximate surface area is 276 Å². The molecule has 0 amide bonds. The van der Waals surface area contributed by atoms with Crippen molar-refractivity contribution in [3.8, 4) is 5.75 Å². The SMILES string of the molecule is CCC(C)(C)C(=O)Oc1ccc(/C(=C(\CCCOC(=O)C(C)(C)C)c2ccccc2)c2ccc(N3CCN(C)CC3)cc2C)cc1. The molecule has 1 aliphatic heterocycles. The van der Waals surface area contributed by atoms with Crippen LogP contribution in [0.3, 0.4) is 0 Å². The van der Waals surface area contributed by atoms with Crippen molar-refractivity contribution in [1.82, 2.24) is 4.90 Å². The van der Waals surface area contributed by atoms with Crippen LogP contribution in [-0.2, 0) is 14.3 Å². The molecule has 3 aromatic carbocycles. The number of hydrogen-bond donors (Lipinski definition) is 0. The number of benzene rings is 3. The number of ether oxygens (including phenoxy) is 2. The average molecular weight is 625 g/mol. The van der Waals surface area contributed by atoms with E-state index in [0.29, 0.717) is 25.2 Å². The van der Waals surface area contributed by atoms with Crippen molar-refractivity contribution in [3.63, 3.8) is 0 Å². The van der Waals surface area contributed by atoms with Crippen LogP contribution in [0.2, 0.25) is 0 Å². The summed E-state index contributed by atoms with van der Waals surface area (Å²) in [6, 6.07) is 25.1. The minimum atomic E-state index is -0.552. The highest BCUT2D eigenvalue weighted by molar-refractivity contribution is 5.99. The summed E-state index contributed by atoms with van der Waals surface area (Å²) in [7, 11) is 2.18. The summed E-state index contributed by atoms with van der Waals surface area (Å²) in [6.45, 7) is 18.1. The molecule has 1 saturated heterocycles. The summed E-state index contributed by atoms with van der Waals surface area (Å²) in [5.41, 5.74) is 6.97. The molecule has 0 N–H and O–H groups in total. The van der Waals surface area contributed by atoms with E-state index in [2.05, 4.69) is 66.2 Å². The molecule has 1 aliphatic rings. The molecule has 6 nitrogen and oxygen atoms in total. The third-order valence-electron chi connectivity index (χ3n) is 8.98. The Morgan fingerprint density at radius 1 is 0.804 bits per heavy atom. The fourth-order valence-corrected chi connectivity index (χ4v) is 5.44. The van der Waals surface area contributed by atoms with Crippen LogP contribution >= 0.6 is 0 Å². The predicted molar refractivity (Wildman–Crippen MR) is 189 cm³/mol. The lowest BCUT2D eigenvalue weighted by Crippen LogP contribution is -2.44. The number of carbonyl (C=O) groups is 2. The van der Waals surface area contributed by atoms with E-state index in [-0.39, 0.29) is 11.9 Å². The summed E-state index contributed by atoms with van der Waals surface area (Å²) in [5.74, 6) is 0.112. The van der Waals surface area contributed by atoms with Crippen LogP contribution < -0.4 is 9.64 Å². The molecule has 0 radical (unpaired) electrons. The largest absolute Gasteiger partial charge is 0.465 e. The zero-order valence-electron chi connectivity index (χ0n) is 29.1. The van der Waals surface area contributed by atoms with Gasteiger partial charge in [-0.3, -0.25) is 9.59 Å². The highest BCUT2D eigenvalue weighted by Gasteiger charge is 2.28. The monoisotopic (exact) mass is 624 g/mol. The molecule has 3 aromatic rings. The predicted octanol–water partition coefficient (Wildman–Crippen LogP) is 8.42. The average Bonchev–Trinajstić information content (AvgIpc) is 3.03. The third kappa shape index (κ3) is 8.88. The molecule has 0 spiro atoms. The van der Waals surface area contributed by atoms with E-state index >= 15 is 0 Å². The maximum atomic E-state index is 12.8. The van der Waals surface area contributed by atoms with Crippen molar-refractivity contribution in [2.24, 2.45) is 10.8 Å². The van der Waals surface area contributed by atoms with Crippen molar-refractivity contribution >= 4 is 28.8 Å². The molecule has 0 aromatic heterocycles. The first kappa shape index (κ1) is 35.0. The summed E-state index contributed by atoms with van der Waals surface area (Å²) in [4.78, 5) is 30.1. The van der Waals surface area contributed by atoms with Crippen LogP contribution in [0.4, 0.5) is 5.69 Å². The van der Waals surface area contributed by atoms with Gasteiger partial charge in [0.25, 0.3) is 0 Å². The second-order valence-corrected chi connectivity index (χ2v) is 14.1. The van der Waals surface area contributed by atoms with Crippen LogP contribution in [0.15, 0.2) is 72.8 Å². The quantitative estimate of drug-likeness (QED) is 0.0924. The van der Waals surface area contributed by atoms with Gasteiger partial charge in [-0.05, 0) is 126 Å². The van der Waals surface area contributed by atoms with Gasteiger partial charge in [-0.15, -0.1) is 0 Å². The van der Waals surface area contributed by atoms with E-state index in [4.69, 9.17) is 9.47 Å². The number of esters is 2. The van der Waals surface area contributed by atoms with E-state index in [1.807, 2.05) is 71.9 Å². The van der Waals surface area contributed by atoms with Gasteiger partial charge in [-0.1, -0.05) is 55.5 Å². The van der Waals surface area contributed by atoms with Gasteiger partial charge in [-0.25, -0.2) is 0 Å². The van der Waals surface area contributed by atoms with Gasteiger partial charge in [0.05, 0.1) is 17.4 Å². The molecule has 0 bridgehead atoms. The van der Waals surface area contributed by atoms with Crippen molar-refractivity contribution in [2.45, 2.75) is 67.7 Å². The first-order valence-corrected chi connectivity index (χ1v) is 16.6. The third-order valence-corrected chi connectivity index (χ3v) is 8.98. The fourth-order valence-electron chi connectivity index (χ4n) is 5.44. The molecule has 246 valence electrons. The van der Waals surface area contributed by atoms with Crippen molar-refractivity contribution < 1.29 is 19.1 Å². The lowest BCUT2D eigenvalue weighted by Gasteiger charge is -2.34. The molecule has 1 heterocycles. The number of nitrogens with zero attached hydrogens (tertiary/aromatic N) is 2. The zero-order chi connectivity index (χ0) is 33.5. The Hall–Kier alpha value is -3.90. The number of allylic oxidation sites excluding steroid dienone is 1. The second-order valence-electron chi connectivity index (χ2n) is 14.1. The molecule has 1 fully saturated rings. The fraction of sp³-hybridized carbons (Fsp3) is 0.450. The number of piperazine rings is 1. The Kier molecular flexibility index (Phi) is 11.5. The van der Waals surface area contributed by atoms with Gasteiger partial charge in [-0.2, -0.15) is 0 Å². The Bertz CT molecular complexity index is 1510. The molecular weight excluding hydrogens is 572 g/mol. The van der Waals surface area contributed by atoms with E-state index in [1.165, 1.54) is 16.8 Å². The Morgan fingerprint density at radius 2 is 1.46 bits per heavy atom. The van der Waals surface area contributed by atoms with Crippen LogP contribution in [0, 0.1) is 17.8 Å². The Balaban J connectivity index is 1.77. The van der Waals surface area contributed by atoms with E-state index < -0.39 is 10.8 Å². The van der Waals surface area contributed by atoms with E-state index in [9.17, 15) is 9.59 Å². The minimum Gasteiger partial charge on any atom is -0.465 e. The van der Waals surface area contributed by atoms with Gasteiger partial charge in [0.1, 0.15) is 5.75 Å². The first-order chi connectivity index (χ1) is 21.8. The molecule has 0 unspecified atom stereocenters. The highest BCUT2D eigenvalue weighted by atomic mass is 16.5. The molecule has 4 rings (SSSR count). The van der Waals surface area contributed by atoms with Gasteiger partial charge in [0.2, 0.25) is 0 Å². The maximum absolute atomic E-state index is 12.8. The molecule has 0 atom stereocenters. The minimum absolute atomic E-state index is 0.190. The van der Waals surface area contributed by atoms with Crippen LogP contribution in [0.25, 0.3) is 11.1 Å². The molecule has 46 heavy (non-hydrogen) atoms. The van der Waals surface area contributed by atoms with Gasteiger partial charge >= 0.3 is 11.9 Å². The summed E-state index contributed by atoms with van der Waals surface area (Å²) in [6.07, 6.45) is 2.11. The molecule has 6 heteroatoms. The molecule has 0 saturated carbocycles. The standard InChI is InChI=1S/C40H52N2O4/c1-9-40(6,7)38(44)46-33-20-17-31(18-21-33)36(34-22-19-32(28-29(34)2)42-25-23-41(8)24-26-42)35(30-14-11-10-12-15-30)16-13-27-45-37(43)39(3,4)5/h10-12,14-15,17-22,28H,9,13,16,23-27H2,1-8H3/b36-35-. The second kappa shape index (κ2) is 15.1. The summed E-state index contributed by atoms with van der Waals surface area (Å²) in [5, 5.41) is 0. The summed E-state index contributed by atoms with van der Waals surface area (Å²) < 4.78 is 11.5. The van der Waals surface area contributed by atoms with Crippen LogP contribution in [0.1, 0.15) is 83.1 Å². The van der Waals surface area contributed by atoms with Gasteiger partial charge in [0.15, 0.2) is 0 Å². The number of rotatable bonds is 11. The lowest BCUT2D eigenvalue weighted by molar-refractivity contribution is -0.153. The number of likely N-dealkylation sites (N-methyl/N-ethyl adjacent to an activating group) is 1. The molecule has 0 aliphatic carbocycles. The first-order valence-electron chi connectivity index (χ1n) is 16.6. The van der Waals surface area contributed by atoms with Crippen LogP contribution in [-0.4, -0.2) is 56.7 Å². The molecular formula is C40H52N2O4. The van der Waals surface area contributed by atoms with Crippen molar-refractivity contribution in [2.75, 3.05) is 44.7 Å². The van der Waals surface area contributed by atoms with E-state index in [1.54, 1.807) is 0 Å².